The Bertz CT molecular complexity index is 695. The number of benzene rings is 1. The van der Waals surface area contributed by atoms with E-state index in [4.69, 9.17) is 0 Å². The summed E-state index contributed by atoms with van der Waals surface area (Å²) in [6.45, 7) is 7.57. The fraction of sp³-hybridized carbons (Fsp3) is 0.538. The Hall–Kier alpha value is -1.70. The van der Waals surface area contributed by atoms with Crippen molar-refractivity contribution in [3.05, 3.63) is 72.4 Å². The van der Waals surface area contributed by atoms with Crippen molar-refractivity contribution < 1.29 is 8.78 Å². The summed E-state index contributed by atoms with van der Waals surface area (Å²) in [5, 5.41) is 0. The van der Waals surface area contributed by atoms with Crippen molar-refractivity contribution >= 4 is 0 Å². The van der Waals surface area contributed by atoms with Crippen LogP contribution < -0.4 is 0 Å². The highest BCUT2D eigenvalue weighted by molar-refractivity contribution is 5.34. The molecule has 0 bridgehead atoms. The number of rotatable bonds is 8. The Kier molecular flexibility index (Phi) is 7.65. The molecular weight excluding hydrogens is 350 g/mol. The maximum atomic E-state index is 14.9. The maximum absolute atomic E-state index is 14.9. The minimum Gasteiger partial charge on any atom is -0.203 e. The Morgan fingerprint density at radius 2 is 1.43 bits per heavy atom. The first kappa shape index (κ1) is 21.0. The van der Waals surface area contributed by atoms with Crippen LogP contribution in [0.15, 0.2) is 49.6 Å². The Labute approximate surface area is 169 Å². The third-order valence-electron chi connectivity index (χ3n) is 6.81. The van der Waals surface area contributed by atoms with Crippen LogP contribution in [0.3, 0.4) is 0 Å². The molecule has 28 heavy (non-hydrogen) atoms. The number of halogens is 2. The molecule has 2 aliphatic rings. The van der Waals surface area contributed by atoms with Crippen LogP contribution in [0, 0.1) is 23.5 Å². The van der Waals surface area contributed by atoms with E-state index in [1.54, 1.807) is 0 Å². The highest BCUT2D eigenvalue weighted by atomic mass is 19.2. The summed E-state index contributed by atoms with van der Waals surface area (Å²) in [5.74, 6) is 0.187. The highest BCUT2D eigenvalue weighted by Crippen LogP contribution is 2.41. The Morgan fingerprint density at radius 1 is 0.786 bits per heavy atom. The first-order valence-corrected chi connectivity index (χ1v) is 11.0. The number of hydrogen-bond donors (Lipinski definition) is 0. The van der Waals surface area contributed by atoms with Crippen LogP contribution in [0.25, 0.3) is 0 Å². The lowest BCUT2D eigenvalue weighted by molar-refractivity contribution is 0.306. The van der Waals surface area contributed by atoms with Gasteiger partial charge in [-0.25, -0.2) is 8.78 Å². The summed E-state index contributed by atoms with van der Waals surface area (Å²) >= 11 is 0. The zero-order chi connectivity index (χ0) is 19.9. The van der Waals surface area contributed by atoms with E-state index in [1.165, 1.54) is 6.42 Å². The number of hydrogen-bond acceptors (Lipinski definition) is 0. The first-order valence-electron chi connectivity index (χ1n) is 11.0. The molecule has 2 aliphatic carbocycles. The van der Waals surface area contributed by atoms with E-state index in [0.29, 0.717) is 23.0 Å². The summed E-state index contributed by atoms with van der Waals surface area (Å²) < 4.78 is 29.8. The molecule has 1 aromatic carbocycles. The lowest BCUT2D eigenvalue weighted by Crippen LogP contribution is -2.16. The molecular formula is C26H34F2. The van der Waals surface area contributed by atoms with Gasteiger partial charge in [0, 0.05) is 5.92 Å². The average Bonchev–Trinajstić information content (AvgIpc) is 2.73. The van der Waals surface area contributed by atoms with Gasteiger partial charge >= 0.3 is 0 Å². The molecule has 0 spiro atoms. The van der Waals surface area contributed by atoms with Gasteiger partial charge in [-0.05, 0) is 93.1 Å². The molecule has 0 aliphatic heterocycles. The van der Waals surface area contributed by atoms with Crippen LogP contribution in [-0.4, -0.2) is 0 Å². The van der Waals surface area contributed by atoms with E-state index in [2.05, 4.69) is 25.3 Å². The van der Waals surface area contributed by atoms with E-state index in [-0.39, 0.29) is 11.8 Å². The second kappa shape index (κ2) is 10.2. The molecule has 1 fully saturated rings. The summed E-state index contributed by atoms with van der Waals surface area (Å²) in [6.07, 6.45) is 18.6. The van der Waals surface area contributed by atoms with E-state index in [9.17, 15) is 8.78 Å². The van der Waals surface area contributed by atoms with Gasteiger partial charge in [0.1, 0.15) is 0 Å². The molecule has 2 unspecified atom stereocenters. The van der Waals surface area contributed by atoms with Gasteiger partial charge in [-0.2, -0.15) is 0 Å². The van der Waals surface area contributed by atoms with Crippen molar-refractivity contribution in [1.82, 2.24) is 0 Å². The molecule has 152 valence electrons. The standard InChI is InChI=1S/C26H34F2/c1-3-5-7-19-9-13-21(14-10-19)23-17-18-24(26(28)25(23)27)22-15-11-20(12-16-22)8-6-4-2/h3-4,9,13,17-22H,1-2,5-8,10-12,14-16H2. The second-order valence-electron chi connectivity index (χ2n) is 8.65. The lowest BCUT2D eigenvalue weighted by atomic mass is 9.76. The van der Waals surface area contributed by atoms with Gasteiger partial charge in [0.2, 0.25) is 0 Å². The van der Waals surface area contributed by atoms with Gasteiger partial charge in [-0.3, -0.25) is 0 Å². The van der Waals surface area contributed by atoms with Crippen LogP contribution in [0.5, 0.6) is 0 Å². The second-order valence-corrected chi connectivity index (χ2v) is 8.65. The molecule has 0 aromatic heterocycles. The summed E-state index contributed by atoms with van der Waals surface area (Å²) in [6, 6.07) is 3.71. The van der Waals surface area contributed by atoms with Crippen molar-refractivity contribution in [3.8, 4) is 0 Å². The Balaban J connectivity index is 1.65. The predicted octanol–water partition coefficient (Wildman–Crippen LogP) is 8.22. The lowest BCUT2D eigenvalue weighted by Gasteiger charge is -2.29. The zero-order valence-electron chi connectivity index (χ0n) is 17.0. The van der Waals surface area contributed by atoms with E-state index in [1.807, 2.05) is 24.3 Å². The van der Waals surface area contributed by atoms with E-state index in [0.717, 1.165) is 57.8 Å². The Morgan fingerprint density at radius 3 is 2.07 bits per heavy atom. The molecule has 0 heterocycles. The van der Waals surface area contributed by atoms with Crippen LogP contribution >= 0.6 is 0 Å². The van der Waals surface area contributed by atoms with Gasteiger partial charge in [0.05, 0.1) is 0 Å². The van der Waals surface area contributed by atoms with Crippen molar-refractivity contribution in [2.45, 2.75) is 76.0 Å². The quantitative estimate of drug-likeness (QED) is 0.396. The van der Waals surface area contributed by atoms with Crippen molar-refractivity contribution in [1.29, 1.82) is 0 Å². The highest BCUT2D eigenvalue weighted by Gasteiger charge is 2.28. The fourth-order valence-electron chi connectivity index (χ4n) is 5.01. The summed E-state index contributed by atoms with van der Waals surface area (Å²) in [7, 11) is 0. The molecule has 3 rings (SSSR count). The average molecular weight is 385 g/mol. The van der Waals surface area contributed by atoms with Crippen molar-refractivity contribution in [2.24, 2.45) is 11.8 Å². The molecule has 1 aromatic rings. The third kappa shape index (κ3) is 5.01. The topological polar surface area (TPSA) is 0 Å². The van der Waals surface area contributed by atoms with Gasteiger partial charge in [-0.15, -0.1) is 13.2 Å². The van der Waals surface area contributed by atoms with Crippen molar-refractivity contribution in [2.75, 3.05) is 0 Å². The van der Waals surface area contributed by atoms with Crippen LogP contribution in [-0.2, 0) is 0 Å². The monoisotopic (exact) mass is 384 g/mol. The molecule has 0 nitrogen and oxygen atoms in total. The van der Waals surface area contributed by atoms with Crippen LogP contribution in [0.2, 0.25) is 0 Å². The predicted molar refractivity (Wildman–Crippen MR) is 115 cm³/mol. The largest absolute Gasteiger partial charge is 0.203 e. The zero-order valence-corrected chi connectivity index (χ0v) is 17.0. The van der Waals surface area contributed by atoms with E-state index < -0.39 is 11.6 Å². The molecule has 1 saturated carbocycles. The molecule has 0 amide bonds. The third-order valence-corrected chi connectivity index (χ3v) is 6.81. The van der Waals surface area contributed by atoms with E-state index >= 15 is 0 Å². The minimum absolute atomic E-state index is 0.00169. The van der Waals surface area contributed by atoms with Gasteiger partial charge in [0.15, 0.2) is 11.6 Å². The van der Waals surface area contributed by atoms with Crippen molar-refractivity contribution in [3.63, 3.8) is 0 Å². The molecule has 0 radical (unpaired) electrons. The SMILES string of the molecule is C=CCCC1C=CC(c2ccc(C3CCC(CCC=C)CC3)c(F)c2F)CC1. The summed E-state index contributed by atoms with van der Waals surface area (Å²) in [4.78, 5) is 0. The number of allylic oxidation sites excluding steroid dienone is 4. The normalized spacial score (nSPS) is 27.5. The molecule has 0 N–H and O–H groups in total. The molecule has 0 saturated heterocycles. The van der Waals surface area contributed by atoms with Crippen LogP contribution in [0.1, 0.15) is 87.2 Å². The minimum atomic E-state index is -0.620. The molecule has 2 heteroatoms. The van der Waals surface area contributed by atoms with Gasteiger partial charge in [0.25, 0.3) is 0 Å². The fourth-order valence-corrected chi connectivity index (χ4v) is 5.01. The van der Waals surface area contributed by atoms with Crippen LogP contribution in [0.4, 0.5) is 8.78 Å². The van der Waals surface area contributed by atoms with Gasteiger partial charge < -0.3 is 0 Å². The smallest absolute Gasteiger partial charge is 0.162 e. The maximum Gasteiger partial charge on any atom is 0.162 e. The van der Waals surface area contributed by atoms with Gasteiger partial charge in [-0.1, -0.05) is 36.4 Å². The first-order chi connectivity index (χ1) is 13.6. The molecule has 2 atom stereocenters. The summed E-state index contributed by atoms with van der Waals surface area (Å²) in [5.41, 5.74) is 1.12.